The van der Waals surface area contributed by atoms with Crippen LogP contribution in [0.2, 0.25) is 0 Å². The second-order valence-corrected chi connectivity index (χ2v) is 9.93. The SMILES string of the molecule is CC(C)(C)N[C@H](CSCC1OCC(O)C[C@@H]1O[C@@H]1OC(CO)C(O)CC1O)C(=O)O. The number of carboxylic acid groups (broad SMARTS) is 1. The van der Waals surface area contributed by atoms with Gasteiger partial charge in [-0.15, -0.1) is 0 Å². The first-order chi connectivity index (χ1) is 14.0. The molecule has 0 aromatic rings. The molecule has 8 atom stereocenters. The molecule has 5 unspecified atom stereocenters. The Kier molecular flexibility index (Phi) is 9.78. The average molecular weight is 454 g/mol. The molecule has 2 heterocycles. The molecule has 0 radical (unpaired) electrons. The number of aliphatic carboxylic acids is 1. The van der Waals surface area contributed by atoms with E-state index in [2.05, 4.69) is 5.32 Å². The molecule has 0 bridgehead atoms. The molecule has 2 aliphatic rings. The van der Waals surface area contributed by atoms with E-state index in [-0.39, 0.29) is 25.0 Å². The normalized spacial score (nSPS) is 36.4. The Morgan fingerprint density at radius 1 is 1.20 bits per heavy atom. The van der Waals surface area contributed by atoms with E-state index in [0.717, 1.165) is 0 Å². The summed E-state index contributed by atoms with van der Waals surface area (Å²) in [6, 6.07) is -0.723. The Balaban J connectivity index is 1.93. The summed E-state index contributed by atoms with van der Waals surface area (Å²) < 4.78 is 17.0. The third kappa shape index (κ3) is 7.88. The van der Waals surface area contributed by atoms with Crippen LogP contribution in [-0.2, 0) is 19.0 Å². The molecular weight excluding hydrogens is 418 g/mol. The molecule has 2 rings (SSSR count). The molecule has 2 fully saturated rings. The van der Waals surface area contributed by atoms with Crippen molar-refractivity contribution < 1.29 is 44.5 Å². The Morgan fingerprint density at radius 3 is 2.50 bits per heavy atom. The van der Waals surface area contributed by atoms with Gasteiger partial charge in [0.2, 0.25) is 0 Å². The Bertz CT molecular complexity index is 547. The molecule has 11 heteroatoms. The van der Waals surface area contributed by atoms with Crippen molar-refractivity contribution in [3.05, 3.63) is 0 Å². The second-order valence-electron chi connectivity index (χ2n) is 8.85. The third-order valence-electron chi connectivity index (χ3n) is 4.92. The highest BCUT2D eigenvalue weighted by Gasteiger charge is 2.41. The van der Waals surface area contributed by atoms with E-state index in [1.54, 1.807) is 0 Å². The Morgan fingerprint density at radius 2 is 1.90 bits per heavy atom. The highest BCUT2D eigenvalue weighted by Crippen LogP contribution is 2.28. The largest absolute Gasteiger partial charge is 0.480 e. The predicted octanol–water partition coefficient (Wildman–Crippen LogP) is -1.07. The number of aliphatic hydroxyl groups excluding tert-OH is 4. The van der Waals surface area contributed by atoms with Crippen LogP contribution in [0.1, 0.15) is 33.6 Å². The molecule has 0 spiro atoms. The fourth-order valence-electron chi connectivity index (χ4n) is 3.45. The minimum absolute atomic E-state index is 0.00417. The topological polar surface area (TPSA) is 158 Å². The highest BCUT2D eigenvalue weighted by atomic mass is 32.2. The smallest absolute Gasteiger partial charge is 0.321 e. The van der Waals surface area contributed by atoms with E-state index in [1.165, 1.54) is 11.8 Å². The summed E-state index contributed by atoms with van der Waals surface area (Å²) in [4.78, 5) is 11.5. The van der Waals surface area contributed by atoms with Gasteiger partial charge in [-0.25, -0.2) is 0 Å². The lowest BCUT2D eigenvalue weighted by Crippen LogP contribution is -2.54. The van der Waals surface area contributed by atoms with Crippen LogP contribution in [0.3, 0.4) is 0 Å². The first-order valence-corrected chi connectivity index (χ1v) is 11.3. The van der Waals surface area contributed by atoms with Crippen molar-refractivity contribution in [1.82, 2.24) is 5.32 Å². The number of carboxylic acids is 1. The molecule has 0 amide bonds. The van der Waals surface area contributed by atoms with E-state index in [9.17, 15) is 30.3 Å². The van der Waals surface area contributed by atoms with E-state index >= 15 is 0 Å². The molecule has 0 aromatic carbocycles. The molecule has 2 aliphatic heterocycles. The maximum Gasteiger partial charge on any atom is 0.321 e. The van der Waals surface area contributed by atoms with Crippen LogP contribution >= 0.6 is 11.8 Å². The Hall–Kier alpha value is -0.500. The van der Waals surface area contributed by atoms with Crippen molar-refractivity contribution in [2.24, 2.45) is 0 Å². The quantitative estimate of drug-likeness (QED) is 0.252. The highest BCUT2D eigenvalue weighted by molar-refractivity contribution is 7.99. The number of rotatable bonds is 9. The number of nitrogens with one attached hydrogen (secondary N) is 1. The molecule has 10 nitrogen and oxygen atoms in total. The van der Waals surface area contributed by atoms with E-state index < -0.39 is 61.5 Å². The van der Waals surface area contributed by atoms with E-state index in [4.69, 9.17) is 14.2 Å². The van der Waals surface area contributed by atoms with Crippen molar-refractivity contribution in [2.45, 2.75) is 88.1 Å². The fraction of sp³-hybridized carbons (Fsp3) is 0.947. The maximum atomic E-state index is 11.5. The third-order valence-corrected chi connectivity index (χ3v) is 6.05. The van der Waals surface area contributed by atoms with Crippen LogP contribution in [-0.4, -0.2) is 111 Å². The molecule has 0 aliphatic carbocycles. The maximum absolute atomic E-state index is 11.5. The summed E-state index contributed by atoms with van der Waals surface area (Å²) in [5, 5.41) is 51.8. The number of ether oxygens (including phenoxy) is 3. The van der Waals surface area contributed by atoms with Gasteiger partial charge in [-0.1, -0.05) is 0 Å². The first kappa shape index (κ1) is 25.8. The molecule has 2 saturated heterocycles. The molecule has 6 N–H and O–H groups in total. The summed E-state index contributed by atoms with van der Waals surface area (Å²) >= 11 is 1.40. The second kappa shape index (κ2) is 11.4. The van der Waals surface area contributed by atoms with E-state index in [1.807, 2.05) is 20.8 Å². The number of carbonyl (C=O) groups is 1. The Labute approximate surface area is 180 Å². The van der Waals surface area contributed by atoms with Crippen LogP contribution in [0.25, 0.3) is 0 Å². The predicted molar refractivity (Wildman–Crippen MR) is 109 cm³/mol. The van der Waals surface area contributed by atoms with Gasteiger partial charge in [-0.3, -0.25) is 10.1 Å². The minimum Gasteiger partial charge on any atom is -0.480 e. The van der Waals surface area contributed by atoms with Gasteiger partial charge >= 0.3 is 5.97 Å². The van der Waals surface area contributed by atoms with Crippen LogP contribution in [0.5, 0.6) is 0 Å². The molecular formula is C19H35NO9S. The van der Waals surface area contributed by atoms with Gasteiger partial charge in [0.25, 0.3) is 0 Å². The average Bonchev–Trinajstić information content (AvgIpc) is 2.63. The minimum atomic E-state index is -1.08. The standard InChI is InChI=1S/C19H35NO9S/c1-19(2,3)20-11(17(25)26)8-30-9-16-14(4-10(22)7-27-16)28-18-13(24)5-12(23)15(6-21)29-18/h10-16,18,20-24H,4-9H2,1-3H3,(H,25,26)/t10?,11-,12?,13?,14+,15?,16?,18-/m1/s1. The number of aliphatic hydroxyl groups is 4. The van der Waals surface area contributed by atoms with Gasteiger partial charge in [0, 0.05) is 29.9 Å². The van der Waals surface area contributed by atoms with Crippen molar-refractivity contribution >= 4 is 17.7 Å². The summed E-state index contributed by atoms with van der Waals surface area (Å²) in [7, 11) is 0. The zero-order valence-corrected chi connectivity index (χ0v) is 18.5. The van der Waals surface area contributed by atoms with Gasteiger partial charge in [-0.05, 0) is 20.8 Å². The van der Waals surface area contributed by atoms with Gasteiger partial charge in [-0.2, -0.15) is 11.8 Å². The lowest BCUT2D eigenvalue weighted by atomic mass is 10.0. The number of thioether (sulfide) groups is 1. The van der Waals surface area contributed by atoms with Gasteiger partial charge in [0.1, 0.15) is 18.2 Å². The van der Waals surface area contributed by atoms with Gasteiger partial charge < -0.3 is 39.7 Å². The fourth-order valence-corrected chi connectivity index (χ4v) is 4.59. The van der Waals surface area contributed by atoms with Crippen molar-refractivity contribution in [1.29, 1.82) is 0 Å². The number of hydrogen-bond donors (Lipinski definition) is 6. The summed E-state index contributed by atoms with van der Waals surface area (Å²) in [6.07, 6.45) is -5.48. The van der Waals surface area contributed by atoms with Gasteiger partial charge in [0.15, 0.2) is 6.29 Å². The van der Waals surface area contributed by atoms with Crippen molar-refractivity contribution in [3.8, 4) is 0 Å². The number of hydrogen-bond acceptors (Lipinski definition) is 10. The summed E-state index contributed by atoms with van der Waals surface area (Å²) in [5.74, 6) is -0.178. The summed E-state index contributed by atoms with van der Waals surface area (Å²) in [5.41, 5.74) is -0.344. The first-order valence-electron chi connectivity index (χ1n) is 10.2. The van der Waals surface area contributed by atoms with E-state index in [0.29, 0.717) is 11.5 Å². The lowest BCUT2D eigenvalue weighted by Gasteiger charge is -2.41. The zero-order chi connectivity index (χ0) is 22.5. The van der Waals surface area contributed by atoms with Gasteiger partial charge in [0.05, 0.1) is 37.6 Å². The zero-order valence-electron chi connectivity index (χ0n) is 17.6. The van der Waals surface area contributed by atoms with Crippen LogP contribution in [0, 0.1) is 0 Å². The molecule has 176 valence electrons. The van der Waals surface area contributed by atoms with Crippen LogP contribution < -0.4 is 5.32 Å². The van der Waals surface area contributed by atoms with Crippen LogP contribution in [0.4, 0.5) is 0 Å². The van der Waals surface area contributed by atoms with Crippen LogP contribution in [0.15, 0.2) is 0 Å². The lowest BCUT2D eigenvalue weighted by molar-refractivity contribution is -0.299. The molecule has 30 heavy (non-hydrogen) atoms. The van der Waals surface area contributed by atoms with Crippen molar-refractivity contribution in [2.75, 3.05) is 24.7 Å². The molecule has 0 saturated carbocycles. The monoisotopic (exact) mass is 453 g/mol. The summed E-state index contributed by atoms with van der Waals surface area (Å²) in [6.45, 7) is 5.42. The van der Waals surface area contributed by atoms with Crippen molar-refractivity contribution in [3.63, 3.8) is 0 Å². The molecule has 0 aromatic heterocycles.